The molecule has 0 saturated carbocycles. The van der Waals surface area contributed by atoms with Crippen molar-refractivity contribution in [3.63, 3.8) is 0 Å². The van der Waals surface area contributed by atoms with Gasteiger partial charge in [0.05, 0.1) is 5.69 Å². The first-order chi connectivity index (χ1) is 12.0. The van der Waals surface area contributed by atoms with Gasteiger partial charge in [-0.15, -0.1) is 0 Å². The van der Waals surface area contributed by atoms with Crippen LogP contribution in [0.25, 0.3) is 33.3 Å². The molecule has 2 aromatic heterocycles. The van der Waals surface area contributed by atoms with Crippen molar-refractivity contribution in [1.29, 1.82) is 0 Å². The molecule has 2 aromatic carbocycles. The third kappa shape index (κ3) is 2.50. The minimum Gasteiger partial charge on any atom is -0.507 e. The van der Waals surface area contributed by atoms with E-state index in [1.807, 2.05) is 30.3 Å². The number of H-pyrrole nitrogens is 1. The molecule has 0 bridgehead atoms. The normalized spacial score (nSPS) is 11.1. The molecule has 2 N–H and O–H groups in total. The zero-order valence-electron chi connectivity index (χ0n) is 13.3. The van der Waals surface area contributed by atoms with Crippen molar-refractivity contribution >= 4 is 10.9 Å². The van der Waals surface area contributed by atoms with Gasteiger partial charge in [0.15, 0.2) is 0 Å². The summed E-state index contributed by atoms with van der Waals surface area (Å²) in [6, 6.07) is 15.0. The van der Waals surface area contributed by atoms with Crippen LogP contribution in [0.2, 0.25) is 0 Å². The zero-order valence-corrected chi connectivity index (χ0v) is 13.3. The first-order valence-electron chi connectivity index (χ1n) is 7.75. The average molecular weight is 335 g/mol. The highest BCUT2D eigenvalue weighted by molar-refractivity contribution is 6.04. The molecule has 0 aliphatic carbocycles. The summed E-state index contributed by atoms with van der Waals surface area (Å²) in [6.45, 7) is 1.59. The van der Waals surface area contributed by atoms with Crippen molar-refractivity contribution in [1.82, 2.24) is 4.98 Å². The minimum absolute atomic E-state index is 0.0577. The smallest absolute Gasteiger partial charge is 0.347 e. The van der Waals surface area contributed by atoms with Crippen LogP contribution in [-0.4, -0.2) is 10.1 Å². The van der Waals surface area contributed by atoms with Crippen molar-refractivity contribution in [3.8, 4) is 28.1 Å². The van der Waals surface area contributed by atoms with Crippen molar-refractivity contribution in [2.24, 2.45) is 0 Å². The van der Waals surface area contributed by atoms with Crippen LogP contribution < -0.4 is 5.63 Å². The van der Waals surface area contributed by atoms with Crippen LogP contribution in [-0.2, 0) is 0 Å². The highest BCUT2D eigenvalue weighted by Crippen LogP contribution is 2.40. The number of fused-ring (bicyclic) bond motifs is 1. The third-order valence-electron chi connectivity index (χ3n) is 4.13. The van der Waals surface area contributed by atoms with Crippen LogP contribution in [0.1, 0.15) is 5.76 Å². The number of aryl methyl sites for hydroxylation is 1. The molecule has 0 saturated heterocycles. The predicted molar refractivity (Wildman–Crippen MR) is 94.1 cm³/mol. The Morgan fingerprint density at radius 1 is 1.04 bits per heavy atom. The lowest BCUT2D eigenvalue weighted by Gasteiger charge is -2.07. The lowest BCUT2D eigenvalue weighted by molar-refractivity contribution is 0.438. The summed E-state index contributed by atoms with van der Waals surface area (Å²) in [7, 11) is 0. The number of rotatable bonds is 2. The number of halogens is 1. The van der Waals surface area contributed by atoms with Gasteiger partial charge < -0.3 is 14.5 Å². The van der Waals surface area contributed by atoms with Crippen LogP contribution in [0.4, 0.5) is 4.39 Å². The molecule has 4 nitrogen and oxygen atoms in total. The van der Waals surface area contributed by atoms with E-state index in [1.54, 1.807) is 13.0 Å². The first kappa shape index (κ1) is 15.2. The summed E-state index contributed by atoms with van der Waals surface area (Å²) in [6.07, 6.45) is 0. The van der Waals surface area contributed by atoms with E-state index < -0.39 is 5.63 Å². The molecule has 0 unspecified atom stereocenters. The second-order valence-electron chi connectivity index (χ2n) is 5.84. The fourth-order valence-electron chi connectivity index (χ4n) is 3.08. The molecule has 4 rings (SSSR count). The average Bonchev–Trinajstić information content (AvgIpc) is 2.93. The number of aromatic amines is 1. The van der Waals surface area contributed by atoms with E-state index in [1.165, 1.54) is 18.2 Å². The standard InChI is InChI=1S/C20H14FNO3/c1-11-9-16(23)18(20(24)25-11)17-14-8-7-13(21)10-15(14)22-19(17)12-5-3-2-4-6-12/h2-10,22-23H,1H3. The van der Waals surface area contributed by atoms with Gasteiger partial charge in [-0.05, 0) is 30.7 Å². The lowest BCUT2D eigenvalue weighted by Crippen LogP contribution is -2.04. The van der Waals surface area contributed by atoms with E-state index in [0.29, 0.717) is 27.9 Å². The van der Waals surface area contributed by atoms with Crippen LogP contribution in [0.3, 0.4) is 0 Å². The van der Waals surface area contributed by atoms with Gasteiger partial charge in [0.25, 0.3) is 0 Å². The van der Waals surface area contributed by atoms with E-state index in [4.69, 9.17) is 4.42 Å². The largest absolute Gasteiger partial charge is 0.507 e. The second-order valence-corrected chi connectivity index (χ2v) is 5.84. The molecule has 124 valence electrons. The summed E-state index contributed by atoms with van der Waals surface area (Å²) in [4.78, 5) is 15.6. The van der Waals surface area contributed by atoms with Gasteiger partial charge in [-0.1, -0.05) is 30.3 Å². The van der Waals surface area contributed by atoms with E-state index in [-0.39, 0.29) is 17.1 Å². The van der Waals surface area contributed by atoms with Gasteiger partial charge in [0.1, 0.15) is 22.9 Å². The van der Waals surface area contributed by atoms with Gasteiger partial charge in [-0.2, -0.15) is 0 Å². The van der Waals surface area contributed by atoms with E-state index in [2.05, 4.69) is 4.98 Å². The Hall–Kier alpha value is -3.34. The molecule has 2 heterocycles. The van der Waals surface area contributed by atoms with Gasteiger partial charge in [-0.25, -0.2) is 9.18 Å². The fourth-order valence-corrected chi connectivity index (χ4v) is 3.08. The SMILES string of the molecule is Cc1cc(O)c(-c2c(-c3ccccc3)[nH]c3cc(F)ccc23)c(=O)o1. The van der Waals surface area contributed by atoms with Gasteiger partial charge in [-0.3, -0.25) is 0 Å². The Morgan fingerprint density at radius 3 is 2.52 bits per heavy atom. The molecule has 4 aromatic rings. The molecular formula is C20H14FNO3. The Kier molecular flexibility index (Phi) is 3.42. The number of aromatic nitrogens is 1. The Labute approximate surface area is 142 Å². The minimum atomic E-state index is -0.639. The Balaban J connectivity index is 2.14. The van der Waals surface area contributed by atoms with Crippen molar-refractivity contribution in [3.05, 3.63) is 76.6 Å². The summed E-state index contributed by atoms with van der Waals surface area (Å²) in [5, 5.41) is 11.0. The molecule has 25 heavy (non-hydrogen) atoms. The second kappa shape index (κ2) is 5.63. The monoisotopic (exact) mass is 335 g/mol. The number of nitrogens with one attached hydrogen (secondary N) is 1. The van der Waals surface area contributed by atoms with Crippen LogP contribution >= 0.6 is 0 Å². The number of aromatic hydroxyl groups is 1. The van der Waals surface area contributed by atoms with E-state index in [9.17, 15) is 14.3 Å². The lowest BCUT2D eigenvalue weighted by atomic mass is 9.99. The maximum atomic E-state index is 13.6. The molecule has 0 amide bonds. The van der Waals surface area contributed by atoms with E-state index in [0.717, 1.165) is 5.56 Å². The van der Waals surface area contributed by atoms with Crippen molar-refractivity contribution in [2.45, 2.75) is 6.92 Å². The Bertz CT molecular complexity index is 1140. The van der Waals surface area contributed by atoms with Crippen LogP contribution in [0, 0.1) is 12.7 Å². The van der Waals surface area contributed by atoms with Gasteiger partial charge >= 0.3 is 5.63 Å². The molecule has 0 atom stereocenters. The molecule has 0 spiro atoms. The molecule has 0 aliphatic rings. The number of hydrogen-bond acceptors (Lipinski definition) is 3. The molecule has 5 heteroatoms. The van der Waals surface area contributed by atoms with Gasteiger partial charge in [0.2, 0.25) is 0 Å². The molecular weight excluding hydrogens is 321 g/mol. The number of hydrogen-bond donors (Lipinski definition) is 2. The number of benzene rings is 2. The maximum absolute atomic E-state index is 13.6. The summed E-state index contributed by atoms with van der Waals surface area (Å²) in [5.74, 6) is -0.241. The zero-order chi connectivity index (χ0) is 17.6. The highest BCUT2D eigenvalue weighted by atomic mass is 19.1. The summed E-state index contributed by atoms with van der Waals surface area (Å²) >= 11 is 0. The van der Waals surface area contributed by atoms with Crippen molar-refractivity contribution < 1.29 is 13.9 Å². The Morgan fingerprint density at radius 2 is 1.80 bits per heavy atom. The molecule has 0 aliphatic heterocycles. The maximum Gasteiger partial charge on any atom is 0.347 e. The summed E-state index contributed by atoms with van der Waals surface area (Å²) in [5.41, 5.74) is 1.88. The molecule has 0 fully saturated rings. The molecule has 0 radical (unpaired) electrons. The fraction of sp³-hybridized carbons (Fsp3) is 0.0500. The third-order valence-corrected chi connectivity index (χ3v) is 4.13. The van der Waals surface area contributed by atoms with Crippen molar-refractivity contribution in [2.75, 3.05) is 0 Å². The predicted octanol–water partition coefficient (Wildman–Crippen LogP) is 4.61. The van der Waals surface area contributed by atoms with E-state index >= 15 is 0 Å². The first-order valence-corrected chi connectivity index (χ1v) is 7.75. The quantitative estimate of drug-likeness (QED) is 0.562. The summed E-state index contributed by atoms with van der Waals surface area (Å²) < 4.78 is 18.8. The van der Waals surface area contributed by atoms with Crippen LogP contribution in [0.5, 0.6) is 5.75 Å². The highest BCUT2D eigenvalue weighted by Gasteiger charge is 2.22. The van der Waals surface area contributed by atoms with Crippen LogP contribution in [0.15, 0.2) is 63.8 Å². The van der Waals surface area contributed by atoms with Gasteiger partial charge in [0, 0.05) is 22.5 Å². The topological polar surface area (TPSA) is 66.2 Å².